The maximum Gasteiger partial charge on any atom is 0.155 e. The molecule has 15 heavy (non-hydrogen) atoms. The van der Waals surface area contributed by atoms with Gasteiger partial charge in [0.15, 0.2) is 5.78 Å². The highest BCUT2D eigenvalue weighted by Crippen LogP contribution is 1.87. The molecule has 0 aromatic rings. The van der Waals surface area contributed by atoms with Gasteiger partial charge in [-0.1, -0.05) is 6.92 Å². The first-order valence-corrected chi connectivity index (χ1v) is 5.50. The first kappa shape index (κ1) is 14.6. The second-order valence-electron chi connectivity index (χ2n) is 3.67. The minimum Gasteiger partial charge on any atom is -0.378 e. The average Bonchev–Trinajstić information content (AvgIpc) is 2.16. The van der Waals surface area contributed by atoms with Gasteiger partial charge in [-0.15, -0.1) is 0 Å². The number of nitrogens with zero attached hydrogens (tertiary/aromatic N) is 1. The van der Waals surface area contributed by atoms with Gasteiger partial charge in [-0.05, 0) is 26.9 Å². The summed E-state index contributed by atoms with van der Waals surface area (Å²) in [4.78, 5) is 12.8. The Morgan fingerprint density at radius 3 is 2.40 bits per heavy atom. The molecule has 0 bridgehead atoms. The van der Waals surface area contributed by atoms with E-state index in [1.54, 1.807) is 0 Å². The molecular formula is C11H23NO3. The van der Waals surface area contributed by atoms with Crippen LogP contribution in [0.4, 0.5) is 0 Å². The molecule has 0 aliphatic rings. The summed E-state index contributed by atoms with van der Waals surface area (Å²) in [5, 5.41) is 0. The normalized spacial score (nSPS) is 10.9. The van der Waals surface area contributed by atoms with E-state index in [1.165, 1.54) is 6.92 Å². The summed E-state index contributed by atoms with van der Waals surface area (Å²) < 4.78 is 10.4. The molecule has 0 aliphatic carbocycles. The molecule has 0 aromatic carbocycles. The first-order valence-electron chi connectivity index (χ1n) is 5.50. The lowest BCUT2D eigenvalue weighted by molar-refractivity contribution is -0.121. The van der Waals surface area contributed by atoms with E-state index in [9.17, 15) is 4.79 Å². The van der Waals surface area contributed by atoms with Crippen molar-refractivity contribution in [1.29, 1.82) is 0 Å². The third-order valence-corrected chi connectivity index (χ3v) is 1.90. The maximum atomic E-state index is 10.5. The molecule has 4 nitrogen and oxygen atoms in total. The molecule has 90 valence electrons. The van der Waals surface area contributed by atoms with E-state index in [0.29, 0.717) is 13.2 Å². The summed E-state index contributed by atoms with van der Waals surface area (Å²) in [7, 11) is 2.08. The van der Waals surface area contributed by atoms with Crippen molar-refractivity contribution in [3.05, 3.63) is 0 Å². The molecule has 0 spiro atoms. The molecule has 0 saturated carbocycles. The second kappa shape index (κ2) is 10.1. The SMILES string of the molecule is CCCN(C)CCOCCOCC(C)=O. The van der Waals surface area contributed by atoms with E-state index in [4.69, 9.17) is 9.47 Å². The van der Waals surface area contributed by atoms with E-state index >= 15 is 0 Å². The summed E-state index contributed by atoms with van der Waals surface area (Å²) in [5.74, 6) is 0.0534. The largest absolute Gasteiger partial charge is 0.378 e. The Morgan fingerprint density at radius 1 is 1.13 bits per heavy atom. The fourth-order valence-corrected chi connectivity index (χ4v) is 1.15. The molecule has 0 atom stereocenters. The Morgan fingerprint density at radius 2 is 1.80 bits per heavy atom. The molecular weight excluding hydrogens is 194 g/mol. The second-order valence-corrected chi connectivity index (χ2v) is 3.67. The Hall–Kier alpha value is -0.450. The predicted molar refractivity (Wildman–Crippen MR) is 60.1 cm³/mol. The van der Waals surface area contributed by atoms with E-state index in [1.807, 2.05) is 0 Å². The van der Waals surface area contributed by atoms with Crippen molar-refractivity contribution in [1.82, 2.24) is 4.90 Å². The van der Waals surface area contributed by atoms with Crippen LogP contribution in [0.1, 0.15) is 20.3 Å². The van der Waals surface area contributed by atoms with Crippen LogP contribution in [-0.4, -0.2) is 57.2 Å². The van der Waals surface area contributed by atoms with Gasteiger partial charge in [0, 0.05) is 6.54 Å². The Labute approximate surface area is 92.5 Å². The summed E-state index contributed by atoms with van der Waals surface area (Å²) >= 11 is 0. The lowest BCUT2D eigenvalue weighted by atomic mass is 10.4. The summed E-state index contributed by atoms with van der Waals surface area (Å²) in [6.45, 7) is 7.70. The van der Waals surface area contributed by atoms with E-state index in [-0.39, 0.29) is 12.4 Å². The van der Waals surface area contributed by atoms with E-state index < -0.39 is 0 Å². The molecule has 0 unspecified atom stereocenters. The van der Waals surface area contributed by atoms with Crippen LogP contribution >= 0.6 is 0 Å². The fraction of sp³-hybridized carbons (Fsp3) is 0.909. The predicted octanol–water partition coefficient (Wildman–Crippen LogP) is 0.950. The highest BCUT2D eigenvalue weighted by Gasteiger charge is 1.96. The van der Waals surface area contributed by atoms with Gasteiger partial charge in [-0.25, -0.2) is 0 Å². The zero-order chi connectivity index (χ0) is 11.5. The molecule has 0 N–H and O–H groups in total. The van der Waals surface area contributed by atoms with Crippen LogP contribution in [0.25, 0.3) is 0 Å². The topological polar surface area (TPSA) is 38.8 Å². The van der Waals surface area contributed by atoms with Gasteiger partial charge in [0.2, 0.25) is 0 Å². The van der Waals surface area contributed by atoms with Crippen molar-refractivity contribution < 1.29 is 14.3 Å². The van der Waals surface area contributed by atoms with Crippen LogP contribution in [0.2, 0.25) is 0 Å². The van der Waals surface area contributed by atoms with Gasteiger partial charge in [-0.3, -0.25) is 4.79 Å². The van der Waals surface area contributed by atoms with Gasteiger partial charge >= 0.3 is 0 Å². The van der Waals surface area contributed by atoms with Gasteiger partial charge in [-0.2, -0.15) is 0 Å². The number of ether oxygens (including phenoxy) is 2. The van der Waals surface area contributed by atoms with Crippen molar-refractivity contribution in [2.45, 2.75) is 20.3 Å². The van der Waals surface area contributed by atoms with Crippen LogP contribution in [0.5, 0.6) is 0 Å². The number of carbonyl (C=O) groups is 1. The van der Waals surface area contributed by atoms with Crippen molar-refractivity contribution >= 4 is 5.78 Å². The fourth-order valence-electron chi connectivity index (χ4n) is 1.15. The third-order valence-electron chi connectivity index (χ3n) is 1.90. The molecule has 0 fully saturated rings. The van der Waals surface area contributed by atoms with Crippen molar-refractivity contribution in [3.63, 3.8) is 0 Å². The minimum absolute atomic E-state index is 0.0534. The van der Waals surface area contributed by atoms with Gasteiger partial charge in [0.25, 0.3) is 0 Å². The van der Waals surface area contributed by atoms with Crippen molar-refractivity contribution in [3.8, 4) is 0 Å². The maximum absolute atomic E-state index is 10.5. The molecule has 0 radical (unpaired) electrons. The minimum atomic E-state index is 0.0534. The third kappa shape index (κ3) is 11.5. The molecule has 4 heteroatoms. The molecule has 0 heterocycles. The smallest absolute Gasteiger partial charge is 0.155 e. The number of ketones is 1. The first-order chi connectivity index (χ1) is 7.16. The van der Waals surface area contributed by atoms with Gasteiger partial charge < -0.3 is 14.4 Å². The molecule has 0 rings (SSSR count). The van der Waals surface area contributed by atoms with Crippen LogP contribution < -0.4 is 0 Å². The highest BCUT2D eigenvalue weighted by molar-refractivity contribution is 5.76. The standard InChI is InChI=1S/C11H23NO3/c1-4-5-12(3)6-7-14-8-9-15-10-11(2)13/h4-10H2,1-3H3. The van der Waals surface area contributed by atoms with E-state index in [0.717, 1.165) is 26.1 Å². The van der Waals surface area contributed by atoms with Gasteiger partial charge in [0.05, 0.1) is 19.8 Å². The molecule has 0 aliphatic heterocycles. The Bertz CT molecular complexity index is 162. The van der Waals surface area contributed by atoms with Crippen LogP contribution in [0.3, 0.4) is 0 Å². The average molecular weight is 217 g/mol. The molecule has 0 amide bonds. The Balaban J connectivity index is 3.07. The number of rotatable bonds is 10. The monoisotopic (exact) mass is 217 g/mol. The van der Waals surface area contributed by atoms with Crippen LogP contribution in [0.15, 0.2) is 0 Å². The van der Waals surface area contributed by atoms with Crippen LogP contribution in [0, 0.1) is 0 Å². The summed E-state index contributed by atoms with van der Waals surface area (Å²) in [6, 6.07) is 0. The number of hydrogen-bond acceptors (Lipinski definition) is 4. The lowest BCUT2D eigenvalue weighted by Gasteiger charge is -2.15. The quantitative estimate of drug-likeness (QED) is 0.511. The number of likely N-dealkylation sites (N-methyl/N-ethyl adjacent to an activating group) is 1. The zero-order valence-electron chi connectivity index (χ0n) is 10.1. The Kier molecular flexibility index (Phi) is 9.78. The van der Waals surface area contributed by atoms with Crippen LogP contribution in [-0.2, 0) is 14.3 Å². The highest BCUT2D eigenvalue weighted by atomic mass is 16.5. The van der Waals surface area contributed by atoms with E-state index in [2.05, 4.69) is 18.9 Å². The molecule has 0 saturated heterocycles. The van der Waals surface area contributed by atoms with Gasteiger partial charge in [0.1, 0.15) is 6.61 Å². The number of hydrogen-bond donors (Lipinski definition) is 0. The summed E-state index contributed by atoms with van der Waals surface area (Å²) in [6.07, 6.45) is 1.16. The number of carbonyl (C=O) groups excluding carboxylic acids is 1. The lowest BCUT2D eigenvalue weighted by Crippen LogP contribution is -2.24. The summed E-state index contributed by atoms with van der Waals surface area (Å²) in [5.41, 5.74) is 0. The van der Waals surface area contributed by atoms with Crippen molar-refractivity contribution in [2.75, 3.05) is 46.6 Å². The molecule has 0 aromatic heterocycles. The number of Topliss-reactive ketones (excluding diaryl/α,β-unsaturated/α-hetero) is 1. The van der Waals surface area contributed by atoms with Crippen molar-refractivity contribution in [2.24, 2.45) is 0 Å². The zero-order valence-corrected chi connectivity index (χ0v) is 10.1.